The zero-order valence-corrected chi connectivity index (χ0v) is 30.1. The fourth-order valence-electron chi connectivity index (χ4n) is 7.35. The molecule has 4 aromatic carbocycles. The average Bonchev–Trinajstić information content (AvgIpc) is 3.58. The van der Waals surface area contributed by atoms with Crippen molar-refractivity contribution < 1.29 is 68.6 Å². The minimum absolute atomic E-state index is 0.0560. The predicted octanol–water partition coefficient (Wildman–Crippen LogP) is 3.59. The topological polar surface area (TPSA) is 211 Å². The normalized spacial score (nSPS) is 22.1. The van der Waals surface area contributed by atoms with E-state index >= 15 is 0 Å². The first-order chi connectivity index (χ1) is 25.8. The third-order valence-corrected chi connectivity index (χ3v) is 10.4. The van der Waals surface area contributed by atoms with Gasteiger partial charge in [0.05, 0.1) is 41.7 Å². The highest BCUT2D eigenvalue weighted by atomic mass is 16.6. The lowest BCUT2D eigenvalue weighted by molar-refractivity contribution is -0.154. The van der Waals surface area contributed by atoms with E-state index in [4.69, 9.17) is 28.4 Å². The zero-order chi connectivity index (χ0) is 38.9. The second kappa shape index (κ2) is 14.9. The summed E-state index contributed by atoms with van der Waals surface area (Å²) in [6.07, 6.45) is -0.0945. The molecule has 6 N–H and O–H groups in total. The third-order valence-electron chi connectivity index (χ3n) is 10.4. The number of esters is 2. The first-order valence-corrected chi connectivity index (χ1v) is 17.1. The molecule has 2 heterocycles. The van der Waals surface area contributed by atoms with Gasteiger partial charge in [0.1, 0.15) is 0 Å². The predicted molar refractivity (Wildman–Crippen MR) is 191 cm³/mol. The van der Waals surface area contributed by atoms with Crippen molar-refractivity contribution in [3.05, 3.63) is 82.9 Å². The first-order valence-electron chi connectivity index (χ1n) is 17.1. The maximum absolute atomic E-state index is 12.9. The molecule has 0 saturated carbocycles. The van der Waals surface area contributed by atoms with Crippen LogP contribution in [-0.2, 0) is 44.7 Å². The summed E-state index contributed by atoms with van der Waals surface area (Å²) in [6, 6.07) is 15.5. The van der Waals surface area contributed by atoms with Crippen LogP contribution in [-0.4, -0.2) is 95.4 Å². The number of carbonyl (C=O) groups excluding carboxylic acids is 2. The molecule has 4 aromatic rings. The molecule has 286 valence electrons. The number of phenolic OH excluding ortho intramolecular Hbond substituents is 4. The second-order valence-electron chi connectivity index (χ2n) is 13.5. The van der Waals surface area contributed by atoms with Gasteiger partial charge in [-0.15, -0.1) is 0 Å². The Morgan fingerprint density at radius 2 is 0.981 bits per heavy atom. The fourth-order valence-corrected chi connectivity index (χ4v) is 7.35. The SMILES string of the molecule is COc1cc(C[C@]2(O)C(=O)OC[C@H]2Cc2ccc(-c3ccc(C[C@@H]4COC(=O)[C@@]4(O)Cc4ccc(O)c(OC)c4)c(OC)c3O)c(O)c2OC)ccc1O. The summed E-state index contributed by atoms with van der Waals surface area (Å²) in [5.74, 6) is -3.40. The fraction of sp³-hybridized carbons (Fsp3) is 0.350. The molecule has 0 aliphatic carbocycles. The number of phenols is 4. The van der Waals surface area contributed by atoms with Crippen LogP contribution in [0.25, 0.3) is 11.1 Å². The molecule has 2 saturated heterocycles. The van der Waals surface area contributed by atoms with Gasteiger partial charge in [-0.2, -0.15) is 0 Å². The van der Waals surface area contributed by atoms with Gasteiger partial charge in [0.25, 0.3) is 0 Å². The highest BCUT2D eigenvalue weighted by molar-refractivity contribution is 5.84. The molecule has 54 heavy (non-hydrogen) atoms. The first kappa shape index (κ1) is 37.9. The lowest BCUT2D eigenvalue weighted by Gasteiger charge is -2.27. The number of ether oxygens (including phenoxy) is 6. The molecule has 2 aliphatic heterocycles. The van der Waals surface area contributed by atoms with Crippen LogP contribution in [0.5, 0.6) is 46.0 Å². The van der Waals surface area contributed by atoms with Crippen molar-refractivity contribution in [1.82, 2.24) is 0 Å². The van der Waals surface area contributed by atoms with Crippen molar-refractivity contribution in [1.29, 1.82) is 0 Å². The molecule has 0 unspecified atom stereocenters. The van der Waals surface area contributed by atoms with E-state index in [1.807, 2.05) is 0 Å². The highest BCUT2D eigenvalue weighted by Crippen LogP contribution is 2.49. The second-order valence-corrected chi connectivity index (χ2v) is 13.5. The van der Waals surface area contributed by atoms with Crippen molar-refractivity contribution in [3.8, 4) is 57.1 Å². The van der Waals surface area contributed by atoms with E-state index in [2.05, 4.69) is 0 Å². The standard InChI is InChI=1S/C40H42O14/c1-49-31-13-21(5-11-29(31)41)17-39(47)25(19-53-37(39)45)15-23-7-9-27(33(43)35(23)51-3)28-10-8-24(36(52-4)34(28)44)16-26-20-54-38(46)40(26,48)18-22-6-12-30(42)32(14-22)50-2/h5-14,25-26,41-44,47-48H,15-20H2,1-4H3/t25-,26-,39-,40-/m1/s1. The number of cyclic esters (lactones) is 2. The molecule has 14 heteroatoms. The minimum atomic E-state index is -1.93. The van der Waals surface area contributed by atoms with Gasteiger partial charge in [0.2, 0.25) is 0 Å². The van der Waals surface area contributed by atoms with Gasteiger partial charge >= 0.3 is 11.9 Å². The van der Waals surface area contributed by atoms with Crippen molar-refractivity contribution >= 4 is 11.9 Å². The van der Waals surface area contributed by atoms with Crippen LogP contribution in [0.15, 0.2) is 60.7 Å². The van der Waals surface area contributed by atoms with Gasteiger partial charge in [0.15, 0.2) is 57.2 Å². The molecule has 6 rings (SSSR count). The highest BCUT2D eigenvalue weighted by Gasteiger charge is 2.52. The molecule has 2 aliphatic rings. The molecule has 0 bridgehead atoms. The molecule has 0 spiro atoms. The molecule has 2 fully saturated rings. The molecule has 0 amide bonds. The van der Waals surface area contributed by atoms with Crippen LogP contribution in [0.2, 0.25) is 0 Å². The van der Waals surface area contributed by atoms with Crippen LogP contribution >= 0.6 is 0 Å². The number of carbonyl (C=O) groups is 2. The van der Waals surface area contributed by atoms with Gasteiger partial charge in [0, 0.05) is 35.8 Å². The summed E-state index contributed by atoms with van der Waals surface area (Å²) in [4.78, 5) is 25.7. The van der Waals surface area contributed by atoms with Crippen molar-refractivity contribution in [2.75, 3.05) is 41.7 Å². The summed E-state index contributed by atoms with van der Waals surface area (Å²) in [7, 11) is 5.50. The maximum Gasteiger partial charge on any atom is 0.338 e. The van der Waals surface area contributed by atoms with E-state index in [-0.39, 0.29) is 96.0 Å². The smallest absolute Gasteiger partial charge is 0.338 e. The van der Waals surface area contributed by atoms with E-state index in [9.17, 15) is 40.2 Å². The Balaban J connectivity index is 1.26. The maximum atomic E-state index is 12.9. The summed E-state index contributed by atoms with van der Waals surface area (Å²) in [6.45, 7) is -0.183. The van der Waals surface area contributed by atoms with Crippen LogP contribution in [0.3, 0.4) is 0 Å². The van der Waals surface area contributed by atoms with Crippen LogP contribution in [0.4, 0.5) is 0 Å². The molecule has 4 atom stereocenters. The lowest BCUT2D eigenvalue weighted by Crippen LogP contribution is -2.44. The third kappa shape index (κ3) is 6.74. The number of hydrogen-bond donors (Lipinski definition) is 6. The number of methoxy groups -OCH3 is 4. The zero-order valence-electron chi connectivity index (χ0n) is 30.1. The molecule has 14 nitrogen and oxygen atoms in total. The van der Waals surface area contributed by atoms with Crippen molar-refractivity contribution in [2.45, 2.75) is 36.9 Å². The van der Waals surface area contributed by atoms with Gasteiger partial charge in [-0.25, -0.2) is 9.59 Å². The van der Waals surface area contributed by atoms with Crippen LogP contribution in [0.1, 0.15) is 22.3 Å². The van der Waals surface area contributed by atoms with Gasteiger partial charge in [-0.05, 0) is 71.5 Å². The Morgan fingerprint density at radius 1 is 0.593 bits per heavy atom. The monoisotopic (exact) mass is 746 g/mol. The van der Waals surface area contributed by atoms with Gasteiger partial charge in [-0.3, -0.25) is 0 Å². The van der Waals surface area contributed by atoms with Crippen LogP contribution < -0.4 is 18.9 Å². The van der Waals surface area contributed by atoms with E-state index in [0.29, 0.717) is 22.3 Å². The summed E-state index contributed by atoms with van der Waals surface area (Å²) >= 11 is 0. The van der Waals surface area contributed by atoms with E-state index < -0.39 is 35.0 Å². The Morgan fingerprint density at radius 3 is 1.33 bits per heavy atom. The molecular weight excluding hydrogens is 704 g/mol. The quantitative estimate of drug-likeness (QED) is 0.108. The lowest BCUT2D eigenvalue weighted by atomic mass is 9.80. The number of benzene rings is 4. The number of hydrogen-bond acceptors (Lipinski definition) is 14. The van der Waals surface area contributed by atoms with E-state index in [1.54, 1.807) is 36.4 Å². The van der Waals surface area contributed by atoms with Gasteiger partial charge in [-0.1, -0.05) is 24.3 Å². The Bertz CT molecular complexity index is 1930. The van der Waals surface area contributed by atoms with E-state index in [0.717, 1.165) is 0 Å². The summed E-state index contributed by atoms with van der Waals surface area (Å²) in [5.41, 5.74) is -1.48. The molecular formula is C40H42O14. The van der Waals surface area contributed by atoms with Crippen molar-refractivity contribution in [3.63, 3.8) is 0 Å². The molecule has 0 radical (unpaired) electrons. The number of rotatable bonds is 13. The summed E-state index contributed by atoms with van der Waals surface area (Å²) in [5, 5.41) is 66.2. The average molecular weight is 747 g/mol. The Labute approximate surface area is 310 Å². The minimum Gasteiger partial charge on any atom is -0.504 e. The Kier molecular flexibility index (Phi) is 10.4. The van der Waals surface area contributed by atoms with Crippen molar-refractivity contribution in [2.24, 2.45) is 11.8 Å². The van der Waals surface area contributed by atoms with Crippen LogP contribution in [0, 0.1) is 11.8 Å². The van der Waals surface area contributed by atoms with Gasteiger partial charge < -0.3 is 59.1 Å². The summed E-state index contributed by atoms with van der Waals surface area (Å²) < 4.78 is 32.1. The number of aliphatic hydroxyl groups is 2. The molecule has 0 aromatic heterocycles. The largest absolute Gasteiger partial charge is 0.504 e. The number of aromatic hydroxyl groups is 4. The van der Waals surface area contributed by atoms with E-state index in [1.165, 1.54) is 52.7 Å². The Hall–Kier alpha value is -5.86.